The minimum Gasteiger partial charge on any atom is -0.381 e. The molecule has 0 aliphatic heterocycles. The van der Waals surface area contributed by atoms with E-state index < -0.39 is 0 Å². The Kier molecular flexibility index (Phi) is 3.91. The average Bonchev–Trinajstić information content (AvgIpc) is 3.30. The van der Waals surface area contributed by atoms with Crippen LogP contribution in [0.1, 0.15) is 36.8 Å². The zero-order chi connectivity index (χ0) is 14.7. The summed E-state index contributed by atoms with van der Waals surface area (Å²) < 4.78 is 0. The highest BCUT2D eigenvalue weighted by Crippen LogP contribution is 2.39. The lowest BCUT2D eigenvalue weighted by molar-refractivity contribution is -0.114. The van der Waals surface area contributed by atoms with Crippen LogP contribution in [-0.4, -0.2) is 5.91 Å². The largest absolute Gasteiger partial charge is 0.381 e. The molecule has 0 spiro atoms. The Morgan fingerprint density at radius 3 is 2.48 bits per heavy atom. The normalized spacial score (nSPS) is 13.8. The Bertz CT molecular complexity index is 630. The summed E-state index contributed by atoms with van der Waals surface area (Å²) in [7, 11) is 0. The van der Waals surface area contributed by atoms with Gasteiger partial charge in [-0.05, 0) is 48.1 Å². The minimum atomic E-state index is -0.0529. The van der Waals surface area contributed by atoms with Gasteiger partial charge in [0.25, 0.3) is 0 Å². The highest BCUT2D eigenvalue weighted by Gasteiger charge is 2.22. The second-order valence-electron chi connectivity index (χ2n) is 5.63. The maximum absolute atomic E-state index is 11.1. The van der Waals surface area contributed by atoms with Crippen LogP contribution in [0, 0.1) is 0 Å². The molecule has 0 aromatic heterocycles. The molecule has 21 heavy (non-hydrogen) atoms. The SMILES string of the molecule is CC(=O)Nc1cccc(NCc2ccc(C3CC3)cc2)c1. The van der Waals surface area contributed by atoms with E-state index in [0.29, 0.717) is 0 Å². The summed E-state index contributed by atoms with van der Waals surface area (Å²) >= 11 is 0. The van der Waals surface area contributed by atoms with Crippen molar-refractivity contribution in [2.75, 3.05) is 10.6 Å². The summed E-state index contributed by atoms with van der Waals surface area (Å²) in [4.78, 5) is 11.1. The fourth-order valence-corrected chi connectivity index (χ4v) is 2.44. The summed E-state index contributed by atoms with van der Waals surface area (Å²) in [6, 6.07) is 16.6. The number of hydrogen-bond donors (Lipinski definition) is 2. The van der Waals surface area contributed by atoms with E-state index in [1.807, 2.05) is 24.3 Å². The molecule has 1 amide bonds. The molecule has 1 fully saturated rings. The lowest BCUT2D eigenvalue weighted by Gasteiger charge is -2.09. The number of benzene rings is 2. The molecule has 0 radical (unpaired) electrons. The van der Waals surface area contributed by atoms with Gasteiger partial charge < -0.3 is 10.6 Å². The topological polar surface area (TPSA) is 41.1 Å². The molecule has 2 N–H and O–H groups in total. The lowest BCUT2D eigenvalue weighted by Crippen LogP contribution is -2.06. The van der Waals surface area contributed by atoms with Gasteiger partial charge in [-0.1, -0.05) is 30.3 Å². The number of carbonyl (C=O) groups is 1. The molecular weight excluding hydrogens is 260 g/mol. The first-order chi connectivity index (χ1) is 10.2. The van der Waals surface area contributed by atoms with E-state index in [1.165, 1.54) is 30.9 Å². The molecule has 1 aliphatic rings. The zero-order valence-electron chi connectivity index (χ0n) is 12.2. The smallest absolute Gasteiger partial charge is 0.221 e. The van der Waals surface area contributed by atoms with Crippen molar-refractivity contribution in [2.24, 2.45) is 0 Å². The third kappa shape index (κ3) is 3.85. The summed E-state index contributed by atoms with van der Waals surface area (Å²) in [6.07, 6.45) is 2.68. The Morgan fingerprint density at radius 2 is 1.81 bits per heavy atom. The maximum atomic E-state index is 11.1. The average molecular weight is 280 g/mol. The van der Waals surface area contributed by atoms with Gasteiger partial charge >= 0.3 is 0 Å². The van der Waals surface area contributed by atoms with Gasteiger partial charge in [-0.2, -0.15) is 0 Å². The van der Waals surface area contributed by atoms with Gasteiger partial charge in [0, 0.05) is 24.8 Å². The molecule has 0 unspecified atom stereocenters. The van der Waals surface area contributed by atoms with Crippen molar-refractivity contribution in [3.8, 4) is 0 Å². The van der Waals surface area contributed by atoms with E-state index in [1.54, 1.807) is 0 Å². The molecule has 3 rings (SSSR count). The van der Waals surface area contributed by atoms with E-state index in [2.05, 4.69) is 34.9 Å². The molecule has 0 heterocycles. The van der Waals surface area contributed by atoms with Crippen molar-refractivity contribution in [1.82, 2.24) is 0 Å². The summed E-state index contributed by atoms with van der Waals surface area (Å²) in [5, 5.41) is 6.18. The van der Waals surface area contributed by atoms with E-state index >= 15 is 0 Å². The van der Waals surface area contributed by atoms with Crippen LogP contribution in [0.25, 0.3) is 0 Å². The van der Waals surface area contributed by atoms with E-state index in [0.717, 1.165) is 23.8 Å². The van der Waals surface area contributed by atoms with Crippen LogP contribution in [0.4, 0.5) is 11.4 Å². The molecule has 2 aromatic rings. The van der Waals surface area contributed by atoms with Crippen LogP contribution in [0.15, 0.2) is 48.5 Å². The first kappa shape index (κ1) is 13.7. The van der Waals surface area contributed by atoms with Crippen LogP contribution in [0.5, 0.6) is 0 Å². The zero-order valence-corrected chi connectivity index (χ0v) is 12.2. The minimum absolute atomic E-state index is 0.0529. The van der Waals surface area contributed by atoms with E-state index in [4.69, 9.17) is 0 Å². The van der Waals surface area contributed by atoms with Crippen molar-refractivity contribution >= 4 is 17.3 Å². The molecule has 0 saturated heterocycles. The van der Waals surface area contributed by atoms with Crippen LogP contribution < -0.4 is 10.6 Å². The fourth-order valence-electron chi connectivity index (χ4n) is 2.44. The second-order valence-corrected chi connectivity index (χ2v) is 5.63. The van der Waals surface area contributed by atoms with Gasteiger partial charge in [-0.3, -0.25) is 4.79 Å². The molecule has 3 heteroatoms. The number of hydrogen-bond acceptors (Lipinski definition) is 2. The van der Waals surface area contributed by atoms with E-state index in [-0.39, 0.29) is 5.91 Å². The molecule has 108 valence electrons. The van der Waals surface area contributed by atoms with Crippen LogP contribution in [-0.2, 0) is 11.3 Å². The van der Waals surface area contributed by atoms with Gasteiger partial charge in [-0.15, -0.1) is 0 Å². The molecule has 1 aliphatic carbocycles. The highest BCUT2D eigenvalue weighted by molar-refractivity contribution is 5.89. The lowest BCUT2D eigenvalue weighted by atomic mass is 10.1. The van der Waals surface area contributed by atoms with Gasteiger partial charge in [0.1, 0.15) is 0 Å². The predicted octanol–water partition coefficient (Wildman–Crippen LogP) is 4.13. The Hall–Kier alpha value is -2.29. The van der Waals surface area contributed by atoms with Gasteiger partial charge in [-0.25, -0.2) is 0 Å². The van der Waals surface area contributed by atoms with Gasteiger partial charge in [0.05, 0.1) is 0 Å². The van der Waals surface area contributed by atoms with Crippen LogP contribution in [0.3, 0.4) is 0 Å². The quantitative estimate of drug-likeness (QED) is 0.864. The van der Waals surface area contributed by atoms with E-state index in [9.17, 15) is 4.79 Å². The molecule has 0 atom stereocenters. The highest BCUT2D eigenvalue weighted by atomic mass is 16.1. The molecule has 3 nitrogen and oxygen atoms in total. The molecular formula is C18H20N2O. The van der Waals surface area contributed by atoms with Gasteiger partial charge in [0.2, 0.25) is 5.91 Å². The van der Waals surface area contributed by atoms with Gasteiger partial charge in [0.15, 0.2) is 0 Å². The summed E-state index contributed by atoms with van der Waals surface area (Å²) in [5.74, 6) is 0.754. The van der Waals surface area contributed by atoms with Crippen molar-refractivity contribution in [2.45, 2.75) is 32.2 Å². The third-order valence-corrected chi connectivity index (χ3v) is 3.71. The number of rotatable bonds is 5. The summed E-state index contributed by atoms with van der Waals surface area (Å²) in [5.41, 5.74) is 4.56. The van der Waals surface area contributed by atoms with Crippen molar-refractivity contribution < 1.29 is 4.79 Å². The summed E-state index contributed by atoms with van der Waals surface area (Å²) in [6.45, 7) is 2.30. The first-order valence-electron chi connectivity index (χ1n) is 7.41. The Morgan fingerprint density at radius 1 is 1.10 bits per heavy atom. The number of amides is 1. The first-order valence-corrected chi connectivity index (χ1v) is 7.41. The number of carbonyl (C=O) groups excluding carboxylic acids is 1. The van der Waals surface area contributed by atoms with Crippen molar-refractivity contribution in [1.29, 1.82) is 0 Å². The monoisotopic (exact) mass is 280 g/mol. The number of anilines is 2. The molecule has 2 aromatic carbocycles. The predicted molar refractivity (Wildman–Crippen MR) is 86.5 cm³/mol. The van der Waals surface area contributed by atoms with Crippen molar-refractivity contribution in [3.63, 3.8) is 0 Å². The molecule has 0 bridgehead atoms. The maximum Gasteiger partial charge on any atom is 0.221 e. The number of nitrogens with one attached hydrogen (secondary N) is 2. The second kappa shape index (κ2) is 6.00. The third-order valence-electron chi connectivity index (χ3n) is 3.71. The van der Waals surface area contributed by atoms with Crippen LogP contribution >= 0.6 is 0 Å². The Balaban J connectivity index is 1.60. The molecule has 1 saturated carbocycles. The Labute approximate surface area is 125 Å². The standard InChI is InChI=1S/C18H20N2O/c1-13(21)20-18-4-2-3-17(11-18)19-12-14-5-7-15(8-6-14)16-9-10-16/h2-8,11,16,19H,9-10,12H2,1H3,(H,20,21). The van der Waals surface area contributed by atoms with Crippen molar-refractivity contribution in [3.05, 3.63) is 59.7 Å². The van der Waals surface area contributed by atoms with Crippen LogP contribution in [0.2, 0.25) is 0 Å². The fraction of sp³-hybridized carbons (Fsp3) is 0.278.